The molecule has 0 aromatic heterocycles. The summed E-state index contributed by atoms with van der Waals surface area (Å²) < 4.78 is 5.00. The normalized spacial score (nSPS) is 17.9. The van der Waals surface area contributed by atoms with Crippen LogP contribution in [-0.2, 0) is 4.74 Å². The molecule has 4 nitrogen and oxygen atoms in total. The number of carbonyl (C=O) groups excluding carboxylic acids is 2. The first kappa shape index (κ1) is 20.1. The minimum absolute atomic E-state index is 0.0214. The van der Waals surface area contributed by atoms with Gasteiger partial charge in [-0.25, -0.2) is 4.79 Å². The van der Waals surface area contributed by atoms with Crippen molar-refractivity contribution in [3.8, 4) is 11.1 Å². The smallest absolute Gasteiger partial charge is 0.338 e. The van der Waals surface area contributed by atoms with Crippen molar-refractivity contribution in [1.29, 1.82) is 0 Å². The summed E-state index contributed by atoms with van der Waals surface area (Å²) in [6.45, 7) is 7.47. The van der Waals surface area contributed by atoms with E-state index < -0.39 is 0 Å². The van der Waals surface area contributed by atoms with E-state index in [9.17, 15) is 9.59 Å². The molecule has 1 atom stereocenters. The fourth-order valence-electron chi connectivity index (χ4n) is 3.92. The minimum Gasteiger partial charge on any atom is -0.462 e. The Bertz CT molecular complexity index is 822. The Labute approximate surface area is 167 Å². The van der Waals surface area contributed by atoms with Crippen LogP contribution in [0.3, 0.4) is 0 Å². The Hall–Kier alpha value is -2.62. The Morgan fingerprint density at radius 1 is 1.00 bits per heavy atom. The highest BCUT2D eigenvalue weighted by molar-refractivity contribution is 5.94. The highest BCUT2D eigenvalue weighted by atomic mass is 16.5. The van der Waals surface area contributed by atoms with Gasteiger partial charge in [-0.15, -0.1) is 0 Å². The van der Waals surface area contributed by atoms with Crippen LogP contribution < -0.4 is 5.32 Å². The van der Waals surface area contributed by atoms with Crippen LogP contribution in [-0.4, -0.2) is 25.0 Å². The van der Waals surface area contributed by atoms with Crippen LogP contribution in [0.15, 0.2) is 48.5 Å². The molecule has 1 fully saturated rings. The second kappa shape index (κ2) is 8.59. The standard InChI is InChI=1S/C24H29NO3/c1-4-28-23(27)20-13-9-18(10-14-20)17-7-11-19(12-8-17)22(26)25-16-21-6-5-15-24(21,2)3/h7-14,21H,4-6,15-16H2,1-3H3,(H,25,26). The Morgan fingerprint density at radius 3 is 2.07 bits per heavy atom. The molecule has 28 heavy (non-hydrogen) atoms. The second-order valence-electron chi connectivity index (χ2n) is 8.16. The number of hydrogen-bond acceptors (Lipinski definition) is 3. The predicted octanol–water partition coefficient (Wildman–Crippen LogP) is 5.09. The van der Waals surface area contributed by atoms with Gasteiger partial charge in [-0.1, -0.05) is 44.5 Å². The molecular formula is C24H29NO3. The van der Waals surface area contributed by atoms with Crippen molar-refractivity contribution in [2.45, 2.75) is 40.0 Å². The van der Waals surface area contributed by atoms with Gasteiger partial charge in [-0.2, -0.15) is 0 Å². The van der Waals surface area contributed by atoms with Crippen molar-refractivity contribution in [1.82, 2.24) is 5.32 Å². The molecule has 3 rings (SSSR count). The lowest BCUT2D eigenvalue weighted by molar-refractivity contribution is 0.0526. The summed E-state index contributed by atoms with van der Waals surface area (Å²) in [4.78, 5) is 24.2. The summed E-state index contributed by atoms with van der Waals surface area (Å²) in [6.07, 6.45) is 3.67. The van der Waals surface area contributed by atoms with Crippen LogP contribution in [0, 0.1) is 11.3 Å². The SMILES string of the molecule is CCOC(=O)c1ccc(-c2ccc(C(=O)NCC3CCCC3(C)C)cc2)cc1. The molecule has 1 aliphatic carbocycles. The van der Waals surface area contributed by atoms with Crippen LogP contribution in [0.2, 0.25) is 0 Å². The van der Waals surface area contributed by atoms with E-state index >= 15 is 0 Å². The lowest BCUT2D eigenvalue weighted by atomic mass is 9.82. The van der Waals surface area contributed by atoms with Gasteiger partial charge in [-0.05, 0) is 66.5 Å². The van der Waals surface area contributed by atoms with Crippen molar-refractivity contribution >= 4 is 11.9 Å². The van der Waals surface area contributed by atoms with Crippen LogP contribution in [0.5, 0.6) is 0 Å². The number of ether oxygens (including phenoxy) is 1. The Morgan fingerprint density at radius 2 is 1.57 bits per heavy atom. The van der Waals surface area contributed by atoms with Crippen molar-refractivity contribution in [2.24, 2.45) is 11.3 Å². The first-order valence-electron chi connectivity index (χ1n) is 10.1. The van der Waals surface area contributed by atoms with Gasteiger partial charge in [0.15, 0.2) is 0 Å². The number of hydrogen-bond donors (Lipinski definition) is 1. The zero-order valence-corrected chi connectivity index (χ0v) is 17.0. The quantitative estimate of drug-likeness (QED) is 0.712. The van der Waals surface area contributed by atoms with Crippen LogP contribution in [0.1, 0.15) is 60.7 Å². The molecule has 0 saturated heterocycles. The summed E-state index contributed by atoms with van der Waals surface area (Å²) in [5.41, 5.74) is 3.52. The largest absolute Gasteiger partial charge is 0.462 e. The number of esters is 1. The van der Waals surface area contributed by atoms with Gasteiger partial charge in [0.1, 0.15) is 0 Å². The van der Waals surface area contributed by atoms with E-state index in [1.165, 1.54) is 19.3 Å². The molecule has 0 heterocycles. The van der Waals surface area contributed by atoms with Gasteiger partial charge < -0.3 is 10.1 Å². The van der Waals surface area contributed by atoms with E-state index in [1.54, 1.807) is 19.1 Å². The molecule has 2 aromatic rings. The first-order valence-corrected chi connectivity index (χ1v) is 10.1. The molecule has 4 heteroatoms. The maximum absolute atomic E-state index is 12.5. The van der Waals surface area contributed by atoms with Crippen LogP contribution in [0.4, 0.5) is 0 Å². The molecule has 1 saturated carbocycles. The fourth-order valence-corrected chi connectivity index (χ4v) is 3.92. The number of carbonyl (C=O) groups is 2. The highest BCUT2D eigenvalue weighted by Crippen LogP contribution is 2.42. The van der Waals surface area contributed by atoms with E-state index in [-0.39, 0.29) is 11.9 Å². The Kier molecular flexibility index (Phi) is 6.18. The van der Waals surface area contributed by atoms with Gasteiger partial charge in [0.25, 0.3) is 5.91 Å². The molecule has 0 aliphatic heterocycles. The lowest BCUT2D eigenvalue weighted by Gasteiger charge is -2.27. The molecule has 2 aromatic carbocycles. The van der Waals surface area contributed by atoms with Gasteiger partial charge in [0, 0.05) is 12.1 Å². The van der Waals surface area contributed by atoms with Crippen molar-refractivity contribution in [3.05, 3.63) is 59.7 Å². The number of nitrogens with one attached hydrogen (secondary N) is 1. The molecule has 1 aliphatic rings. The summed E-state index contributed by atoms with van der Waals surface area (Å²) in [6, 6.07) is 14.9. The molecule has 148 valence electrons. The summed E-state index contributed by atoms with van der Waals surface area (Å²) in [5, 5.41) is 3.10. The van der Waals surface area contributed by atoms with E-state index in [0.717, 1.165) is 17.7 Å². The highest BCUT2D eigenvalue weighted by Gasteiger charge is 2.34. The van der Waals surface area contributed by atoms with Crippen molar-refractivity contribution in [2.75, 3.05) is 13.2 Å². The van der Waals surface area contributed by atoms with Crippen molar-refractivity contribution in [3.63, 3.8) is 0 Å². The molecule has 0 bridgehead atoms. The monoisotopic (exact) mass is 379 g/mol. The molecular weight excluding hydrogens is 350 g/mol. The molecule has 1 amide bonds. The summed E-state index contributed by atoms with van der Waals surface area (Å²) in [7, 11) is 0. The van der Waals surface area contributed by atoms with Gasteiger partial charge in [0.05, 0.1) is 12.2 Å². The topological polar surface area (TPSA) is 55.4 Å². The van der Waals surface area contributed by atoms with Crippen molar-refractivity contribution < 1.29 is 14.3 Å². The summed E-state index contributed by atoms with van der Waals surface area (Å²) >= 11 is 0. The zero-order chi connectivity index (χ0) is 20.1. The fraction of sp³-hybridized carbons (Fsp3) is 0.417. The number of rotatable bonds is 6. The maximum Gasteiger partial charge on any atom is 0.338 e. The summed E-state index contributed by atoms with van der Waals surface area (Å²) in [5.74, 6) is 0.215. The zero-order valence-electron chi connectivity index (χ0n) is 17.0. The van der Waals surface area contributed by atoms with E-state index in [1.807, 2.05) is 36.4 Å². The first-order chi connectivity index (χ1) is 13.4. The van der Waals surface area contributed by atoms with E-state index in [0.29, 0.717) is 29.1 Å². The lowest BCUT2D eigenvalue weighted by Crippen LogP contribution is -2.33. The number of benzene rings is 2. The second-order valence-corrected chi connectivity index (χ2v) is 8.16. The third-order valence-electron chi connectivity index (χ3n) is 5.86. The molecule has 1 unspecified atom stereocenters. The molecule has 1 N–H and O–H groups in total. The van der Waals surface area contributed by atoms with E-state index in [4.69, 9.17) is 4.74 Å². The average molecular weight is 380 g/mol. The molecule has 0 spiro atoms. The molecule has 0 radical (unpaired) electrons. The van der Waals surface area contributed by atoms with Crippen LogP contribution in [0.25, 0.3) is 11.1 Å². The van der Waals surface area contributed by atoms with E-state index in [2.05, 4.69) is 19.2 Å². The third kappa shape index (κ3) is 4.61. The Balaban J connectivity index is 1.61. The van der Waals surface area contributed by atoms with Gasteiger partial charge in [-0.3, -0.25) is 4.79 Å². The maximum atomic E-state index is 12.5. The van der Waals surface area contributed by atoms with Gasteiger partial charge in [0.2, 0.25) is 0 Å². The predicted molar refractivity (Wildman–Crippen MR) is 111 cm³/mol. The number of amides is 1. The minimum atomic E-state index is -0.313. The average Bonchev–Trinajstić information content (AvgIpc) is 3.04. The van der Waals surface area contributed by atoms with Gasteiger partial charge >= 0.3 is 5.97 Å². The van der Waals surface area contributed by atoms with Crippen LogP contribution >= 0.6 is 0 Å². The third-order valence-corrected chi connectivity index (χ3v) is 5.86.